The molecule has 1 aliphatic carbocycles. The van der Waals surface area contributed by atoms with Crippen LogP contribution in [-0.4, -0.2) is 36.9 Å². The first-order valence-corrected chi connectivity index (χ1v) is 10.5. The van der Waals surface area contributed by atoms with Gasteiger partial charge in [0.1, 0.15) is 5.75 Å². The fraction of sp³-hybridized carbons (Fsp3) is 0.682. The molecule has 5 heteroatoms. The van der Waals surface area contributed by atoms with Crippen molar-refractivity contribution in [1.29, 1.82) is 0 Å². The molecule has 27 heavy (non-hydrogen) atoms. The van der Waals surface area contributed by atoms with Crippen LogP contribution in [0.5, 0.6) is 5.75 Å². The highest BCUT2D eigenvalue weighted by molar-refractivity contribution is 5.79. The van der Waals surface area contributed by atoms with Gasteiger partial charge in [0.2, 0.25) is 0 Å². The van der Waals surface area contributed by atoms with Gasteiger partial charge in [-0.2, -0.15) is 0 Å². The molecule has 0 atom stereocenters. The molecule has 152 valence electrons. The summed E-state index contributed by atoms with van der Waals surface area (Å²) in [4.78, 5) is 4.74. The van der Waals surface area contributed by atoms with Crippen molar-refractivity contribution in [2.45, 2.75) is 71.9 Å². The van der Waals surface area contributed by atoms with E-state index in [-0.39, 0.29) is 18.1 Å². The van der Waals surface area contributed by atoms with E-state index in [9.17, 15) is 5.11 Å². The standard InChI is InChI=1S/C22H37N3O2/c1-4-23-21(25-17-22(14-15-26)12-6-5-7-13-22)24-16-19-8-10-20(11-9-19)27-18(2)3/h8-11,18,26H,4-7,12-17H2,1-3H3,(H2,23,24,25). The number of hydrogen-bond donors (Lipinski definition) is 3. The number of ether oxygens (including phenoxy) is 1. The summed E-state index contributed by atoms with van der Waals surface area (Å²) in [6.45, 7) is 8.75. The molecule has 1 fully saturated rings. The van der Waals surface area contributed by atoms with Crippen LogP contribution in [0.1, 0.15) is 64.9 Å². The summed E-state index contributed by atoms with van der Waals surface area (Å²) in [6, 6.07) is 8.14. The van der Waals surface area contributed by atoms with Crippen LogP contribution in [-0.2, 0) is 6.54 Å². The average molecular weight is 376 g/mol. The maximum absolute atomic E-state index is 9.50. The third kappa shape index (κ3) is 7.41. The summed E-state index contributed by atoms with van der Waals surface area (Å²) in [6.07, 6.45) is 7.29. The number of benzene rings is 1. The molecule has 0 heterocycles. The predicted octanol–water partition coefficient (Wildman–Crippen LogP) is 3.86. The van der Waals surface area contributed by atoms with Crippen LogP contribution in [0.25, 0.3) is 0 Å². The van der Waals surface area contributed by atoms with E-state index in [0.29, 0.717) is 6.54 Å². The first-order valence-electron chi connectivity index (χ1n) is 10.5. The third-order valence-corrected chi connectivity index (χ3v) is 5.25. The second-order valence-electron chi connectivity index (χ2n) is 7.89. The van der Waals surface area contributed by atoms with Crippen LogP contribution in [0.2, 0.25) is 0 Å². The van der Waals surface area contributed by atoms with Crippen molar-refractivity contribution in [2.24, 2.45) is 10.4 Å². The van der Waals surface area contributed by atoms with E-state index < -0.39 is 0 Å². The molecule has 0 aromatic heterocycles. The van der Waals surface area contributed by atoms with E-state index in [1.807, 2.05) is 26.0 Å². The van der Waals surface area contributed by atoms with Gasteiger partial charge in [0.05, 0.1) is 12.6 Å². The smallest absolute Gasteiger partial charge is 0.191 e. The fourth-order valence-corrected chi connectivity index (χ4v) is 3.78. The molecule has 0 amide bonds. The number of rotatable bonds is 9. The normalized spacial score (nSPS) is 17.0. The van der Waals surface area contributed by atoms with Gasteiger partial charge in [0.25, 0.3) is 0 Å². The van der Waals surface area contributed by atoms with Crippen molar-refractivity contribution in [3.8, 4) is 5.75 Å². The predicted molar refractivity (Wildman–Crippen MR) is 112 cm³/mol. The lowest BCUT2D eigenvalue weighted by molar-refractivity contribution is 0.131. The Morgan fingerprint density at radius 3 is 2.44 bits per heavy atom. The Balaban J connectivity index is 1.94. The minimum Gasteiger partial charge on any atom is -0.491 e. The molecule has 2 rings (SSSR count). The van der Waals surface area contributed by atoms with Gasteiger partial charge in [-0.1, -0.05) is 31.4 Å². The second-order valence-corrected chi connectivity index (χ2v) is 7.89. The van der Waals surface area contributed by atoms with E-state index in [1.165, 1.54) is 32.1 Å². The summed E-state index contributed by atoms with van der Waals surface area (Å²) in [5.41, 5.74) is 1.37. The van der Waals surface area contributed by atoms with Gasteiger partial charge >= 0.3 is 0 Å². The number of aliphatic imine (C=N–C) groups is 1. The molecular weight excluding hydrogens is 338 g/mol. The minimum atomic E-state index is 0.185. The summed E-state index contributed by atoms with van der Waals surface area (Å²) >= 11 is 0. The lowest BCUT2D eigenvalue weighted by Crippen LogP contribution is -2.44. The van der Waals surface area contributed by atoms with Crippen LogP contribution < -0.4 is 15.4 Å². The summed E-state index contributed by atoms with van der Waals surface area (Å²) in [5.74, 6) is 1.74. The van der Waals surface area contributed by atoms with Gasteiger partial charge in [-0.25, -0.2) is 4.99 Å². The quantitative estimate of drug-likeness (QED) is 0.453. The molecule has 0 spiro atoms. The van der Waals surface area contributed by atoms with Gasteiger partial charge in [0.15, 0.2) is 5.96 Å². The molecule has 0 aliphatic heterocycles. The molecule has 1 aromatic carbocycles. The van der Waals surface area contributed by atoms with Crippen molar-refractivity contribution in [3.63, 3.8) is 0 Å². The van der Waals surface area contributed by atoms with Crippen molar-refractivity contribution in [1.82, 2.24) is 10.6 Å². The number of aliphatic hydroxyl groups is 1. The summed E-state index contributed by atoms with van der Waals surface area (Å²) < 4.78 is 5.69. The first-order chi connectivity index (χ1) is 13.1. The minimum absolute atomic E-state index is 0.185. The maximum Gasteiger partial charge on any atom is 0.191 e. The zero-order valence-corrected chi connectivity index (χ0v) is 17.3. The first kappa shape index (κ1) is 21.5. The highest BCUT2D eigenvalue weighted by Gasteiger charge is 2.31. The van der Waals surface area contributed by atoms with Crippen molar-refractivity contribution < 1.29 is 9.84 Å². The average Bonchev–Trinajstić information content (AvgIpc) is 2.66. The Bertz CT molecular complexity index is 558. The van der Waals surface area contributed by atoms with Crippen molar-refractivity contribution in [3.05, 3.63) is 29.8 Å². The van der Waals surface area contributed by atoms with Gasteiger partial charge in [0, 0.05) is 19.7 Å². The number of aliphatic hydroxyl groups excluding tert-OH is 1. The number of nitrogens with one attached hydrogen (secondary N) is 2. The Morgan fingerprint density at radius 2 is 1.85 bits per heavy atom. The summed E-state index contributed by atoms with van der Waals surface area (Å²) in [7, 11) is 0. The summed E-state index contributed by atoms with van der Waals surface area (Å²) in [5, 5.41) is 16.4. The van der Waals surface area contributed by atoms with Crippen LogP contribution in [0.15, 0.2) is 29.3 Å². The third-order valence-electron chi connectivity index (χ3n) is 5.25. The monoisotopic (exact) mass is 375 g/mol. The highest BCUT2D eigenvalue weighted by Crippen LogP contribution is 2.38. The van der Waals surface area contributed by atoms with E-state index >= 15 is 0 Å². The molecule has 5 nitrogen and oxygen atoms in total. The number of nitrogens with zero attached hydrogens (tertiary/aromatic N) is 1. The SMILES string of the molecule is CCNC(=NCc1ccc(OC(C)C)cc1)NCC1(CCO)CCCCC1. The molecule has 1 saturated carbocycles. The van der Waals surface area contributed by atoms with Gasteiger partial charge in [-0.05, 0) is 63.1 Å². The molecular formula is C22H37N3O2. The second kappa shape index (κ2) is 11.2. The maximum atomic E-state index is 9.50. The Labute approximate surface area is 164 Å². The van der Waals surface area contributed by atoms with Crippen molar-refractivity contribution >= 4 is 5.96 Å². The highest BCUT2D eigenvalue weighted by atomic mass is 16.5. The molecule has 0 saturated heterocycles. The van der Waals surface area contributed by atoms with E-state index in [2.05, 4.69) is 29.7 Å². The van der Waals surface area contributed by atoms with Crippen molar-refractivity contribution in [2.75, 3.05) is 19.7 Å². The molecule has 0 bridgehead atoms. The molecule has 1 aromatic rings. The number of guanidine groups is 1. The largest absolute Gasteiger partial charge is 0.491 e. The molecule has 1 aliphatic rings. The fourth-order valence-electron chi connectivity index (χ4n) is 3.78. The van der Waals surface area contributed by atoms with Crippen LogP contribution in [0.4, 0.5) is 0 Å². The van der Waals surface area contributed by atoms with E-state index in [1.54, 1.807) is 0 Å². The number of hydrogen-bond acceptors (Lipinski definition) is 3. The Morgan fingerprint density at radius 1 is 1.15 bits per heavy atom. The van der Waals surface area contributed by atoms with Gasteiger partial charge in [-0.3, -0.25) is 0 Å². The van der Waals surface area contributed by atoms with Gasteiger partial charge < -0.3 is 20.5 Å². The zero-order chi connectivity index (χ0) is 19.5. The van der Waals surface area contributed by atoms with Crippen LogP contribution in [0, 0.1) is 5.41 Å². The van der Waals surface area contributed by atoms with E-state index in [4.69, 9.17) is 9.73 Å². The topological polar surface area (TPSA) is 65.9 Å². The lowest BCUT2D eigenvalue weighted by atomic mass is 9.72. The van der Waals surface area contributed by atoms with Gasteiger partial charge in [-0.15, -0.1) is 0 Å². The lowest BCUT2D eigenvalue weighted by Gasteiger charge is -2.37. The van der Waals surface area contributed by atoms with E-state index in [0.717, 1.165) is 36.8 Å². The molecule has 0 unspecified atom stereocenters. The van der Waals surface area contributed by atoms with Crippen LogP contribution >= 0.6 is 0 Å². The Hall–Kier alpha value is -1.75. The molecule has 0 radical (unpaired) electrons. The van der Waals surface area contributed by atoms with Crippen LogP contribution in [0.3, 0.4) is 0 Å². The Kier molecular flexibility index (Phi) is 8.92. The zero-order valence-electron chi connectivity index (χ0n) is 17.3. The molecule has 3 N–H and O–H groups in total.